The Labute approximate surface area is 166 Å². The number of nitrogens with zero attached hydrogens (tertiary/aromatic N) is 1. The van der Waals surface area contributed by atoms with E-state index in [0.29, 0.717) is 11.3 Å². The van der Waals surface area contributed by atoms with Crippen molar-refractivity contribution in [1.29, 1.82) is 5.26 Å². The number of esters is 1. The largest absolute Gasteiger partial charge is 0.494 e. The molecular formula is C20H16ClFN2O4. The minimum Gasteiger partial charge on any atom is -0.494 e. The van der Waals surface area contributed by atoms with Crippen LogP contribution >= 0.6 is 11.6 Å². The van der Waals surface area contributed by atoms with Gasteiger partial charge in [-0.25, -0.2) is 9.18 Å². The van der Waals surface area contributed by atoms with Crippen LogP contribution in [0.5, 0.6) is 5.75 Å². The van der Waals surface area contributed by atoms with Gasteiger partial charge in [-0.2, -0.15) is 5.26 Å². The zero-order valence-corrected chi connectivity index (χ0v) is 15.8. The predicted octanol–water partition coefficient (Wildman–Crippen LogP) is 3.94. The highest BCUT2D eigenvalue weighted by atomic mass is 35.5. The van der Waals surface area contributed by atoms with Crippen LogP contribution in [0, 0.1) is 17.1 Å². The van der Waals surface area contributed by atoms with Crippen molar-refractivity contribution in [3.05, 3.63) is 64.4 Å². The summed E-state index contributed by atoms with van der Waals surface area (Å²) in [5.41, 5.74) is 1.07. The average molecular weight is 403 g/mol. The van der Waals surface area contributed by atoms with Crippen LogP contribution in [0.2, 0.25) is 5.02 Å². The summed E-state index contributed by atoms with van der Waals surface area (Å²) >= 11 is 5.90. The van der Waals surface area contributed by atoms with Crippen molar-refractivity contribution in [1.82, 2.24) is 0 Å². The van der Waals surface area contributed by atoms with E-state index in [0.717, 1.165) is 6.08 Å². The highest BCUT2D eigenvalue weighted by molar-refractivity contribution is 6.32. The van der Waals surface area contributed by atoms with Crippen molar-refractivity contribution in [3.8, 4) is 11.8 Å². The molecule has 0 saturated carbocycles. The second kappa shape index (κ2) is 9.53. The third kappa shape index (κ3) is 5.56. The molecule has 0 unspecified atom stereocenters. The molecule has 2 aromatic rings. The lowest BCUT2D eigenvalue weighted by Gasteiger charge is -2.12. The van der Waals surface area contributed by atoms with Crippen molar-refractivity contribution in [2.75, 3.05) is 12.4 Å². The zero-order chi connectivity index (χ0) is 20.7. The van der Waals surface area contributed by atoms with E-state index in [1.807, 2.05) is 6.07 Å². The van der Waals surface area contributed by atoms with Gasteiger partial charge in [-0.05, 0) is 48.9 Å². The van der Waals surface area contributed by atoms with Gasteiger partial charge in [-0.15, -0.1) is 0 Å². The molecule has 0 saturated heterocycles. The number of benzene rings is 2. The van der Waals surface area contributed by atoms with Crippen molar-refractivity contribution < 1.29 is 23.5 Å². The number of methoxy groups -OCH3 is 1. The number of carbonyl (C=O) groups excluding carboxylic acids is 2. The van der Waals surface area contributed by atoms with Gasteiger partial charge in [0.25, 0.3) is 5.91 Å². The number of hydrogen-bond acceptors (Lipinski definition) is 5. The van der Waals surface area contributed by atoms with Gasteiger partial charge in [-0.1, -0.05) is 17.7 Å². The molecule has 8 heteroatoms. The smallest absolute Gasteiger partial charge is 0.331 e. The first-order valence-electron chi connectivity index (χ1n) is 8.06. The van der Waals surface area contributed by atoms with E-state index >= 15 is 0 Å². The summed E-state index contributed by atoms with van der Waals surface area (Å²) in [4.78, 5) is 24.0. The Bertz CT molecular complexity index is 969. The fourth-order valence-corrected chi connectivity index (χ4v) is 2.37. The Morgan fingerprint density at radius 1 is 1.29 bits per heavy atom. The van der Waals surface area contributed by atoms with Gasteiger partial charge >= 0.3 is 5.97 Å². The summed E-state index contributed by atoms with van der Waals surface area (Å²) in [5, 5.41) is 11.6. The summed E-state index contributed by atoms with van der Waals surface area (Å²) in [6, 6.07) is 10.5. The SMILES string of the molecule is COc1ccc(/C=C/C(=O)O[C@@H](C)C(=O)Nc2ccc(C#N)c(Cl)c2)cc1F. The maximum Gasteiger partial charge on any atom is 0.331 e. The standard InChI is InChI=1S/C20H16ClFN2O4/c1-12(20(26)24-15-6-5-14(11-23)16(21)10-15)28-19(25)8-4-13-3-7-18(27-2)17(22)9-13/h3-10,12H,1-2H3,(H,24,26)/b8-4+/t12-/m0/s1. The van der Waals surface area contributed by atoms with Crippen molar-refractivity contribution in [3.63, 3.8) is 0 Å². The molecule has 0 aliphatic heterocycles. The monoisotopic (exact) mass is 402 g/mol. The van der Waals surface area contributed by atoms with Gasteiger partial charge in [0.1, 0.15) is 6.07 Å². The molecular weight excluding hydrogens is 387 g/mol. The second-order valence-corrected chi connectivity index (χ2v) is 6.01. The number of amides is 1. The molecule has 0 fully saturated rings. The number of carbonyl (C=O) groups is 2. The van der Waals surface area contributed by atoms with E-state index < -0.39 is 23.8 Å². The van der Waals surface area contributed by atoms with Crippen LogP contribution in [0.3, 0.4) is 0 Å². The first-order valence-corrected chi connectivity index (χ1v) is 8.44. The lowest BCUT2D eigenvalue weighted by atomic mass is 10.2. The number of anilines is 1. The molecule has 0 aromatic heterocycles. The minimum atomic E-state index is -1.08. The van der Waals surface area contributed by atoms with E-state index in [-0.39, 0.29) is 16.3 Å². The summed E-state index contributed by atoms with van der Waals surface area (Å²) in [5.74, 6) is -1.81. The molecule has 0 heterocycles. The quantitative estimate of drug-likeness (QED) is 0.584. The van der Waals surface area contributed by atoms with E-state index in [1.54, 1.807) is 6.07 Å². The fraction of sp³-hybridized carbons (Fsp3) is 0.150. The first-order chi connectivity index (χ1) is 13.3. The average Bonchev–Trinajstić information content (AvgIpc) is 2.66. The third-order valence-electron chi connectivity index (χ3n) is 3.61. The molecule has 2 aromatic carbocycles. The van der Waals surface area contributed by atoms with Crippen LogP contribution < -0.4 is 10.1 Å². The molecule has 0 aliphatic carbocycles. The molecule has 1 N–H and O–H groups in total. The molecule has 2 rings (SSSR count). The maximum absolute atomic E-state index is 13.6. The van der Waals surface area contributed by atoms with Crippen LogP contribution in [0.15, 0.2) is 42.5 Å². The summed E-state index contributed by atoms with van der Waals surface area (Å²) < 4.78 is 23.4. The molecule has 0 radical (unpaired) electrons. The lowest BCUT2D eigenvalue weighted by Crippen LogP contribution is -2.29. The van der Waals surface area contributed by atoms with Crippen LogP contribution in [0.4, 0.5) is 10.1 Å². The summed E-state index contributed by atoms with van der Waals surface area (Å²) in [6.07, 6.45) is 1.36. The zero-order valence-electron chi connectivity index (χ0n) is 15.0. The van der Waals surface area contributed by atoms with Gasteiger partial charge in [0.15, 0.2) is 17.7 Å². The Hall–Kier alpha value is -3.37. The molecule has 6 nitrogen and oxygen atoms in total. The Balaban J connectivity index is 1.94. The van der Waals surface area contributed by atoms with Crippen LogP contribution in [0.25, 0.3) is 6.08 Å². The van der Waals surface area contributed by atoms with Crippen molar-refractivity contribution in [2.24, 2.45) is 0 Å². The highest BCUT2D eigenvalue weighted by Crippen LogP contribution is 2.21. The molecule has 28 heavy (non-hydrogen) atoms. The van der Waals surface area contributed by atoms with Crippen LogP contribution in [-0.2, 0) is 14.3 Å². The minimum absolute atomic E-state index is 0.0907. The van der Waals surface area contributed by atoms with E-state index in [4.69, 9.17) is 26.3 Å². The number of nitrogens with one attached hydrogen (secondary N) is 1. The number of nitriles is 1. The fourth-order valence-electron chi connectivity index (χ4n) is 2.15. The van der Waals surface area contributed by atoms with Gasteiger partial charge in [0.05, 0.1) is 17.7 Å². The van der Waals surface area contributed by atoms with E-state index in [2.05, 4.69) is 5.32 Å². The summed E-state index contributed by atoms with van der Waals surface area (Å²) in [6.45, 7) is 1.40. The van der Waals surface area contributed by atoms with Gasteiger partial charge < -0.3 is 14.8 Å². The van der Waals surface area contributed by atoms with E-state index in [9.17, 15) is 14.0 Å². The van der Waals surface area contributed by atoms with Gasteiger partial charge in [0.2, 0.25) is 0 Å². The van der Waals surface area contributed by atoms with Crippen LogP contribution in [0.1, 0.15) is 18.1 Å². The van der Waals surface area contributed by atoms with Crippen molar-refractivity contribution >= 4 is 35.2 Å². The first kappa shape index (κ1) is 20.9. The number of rotatable bonds is 6. The van der Waals surface area contributed by atoms with E-state index in [1.165, 1.54) is 50.4 Å². The number of halogens is 2. The predicted molar refractivity (Wildman–Crippen MR) is 102 cm³/mol. The number of ether oxygens (including phenoxy) is 2. The maximum atomic E-state index is 13.6. The molecule has 0 spiro atoms. The van der Waals surface area contributed by atoms with Crippen LogP contribution in [-0.4, -0.2) is 25.1 Å². The van der Waals surface area contributed by atoms with Gasteiger partial charge in [0, 0.05) is 11.8 Å². The second-order valence-electron chi connectivity index (χ2n) is 5.60. The Morgan fingerprint density at radius 3 is 2.64 bits per heavy atom. The molecule has 1 amide bonds. The topological polar surface area (TPSA) is 88.4 Å². The Kier molecular flexibility index (Phi) is 7.13. The van der Waals surface area contributed by atoms with Crippen molar-refractivity contribution in [2.45, 2.75) is 13.0 Å². The molecule has 144 valence electrons. The molecule has 1 atom stereocenters. The third-order valence-corrected chi connectivity index (χ3v) is 3.92. The molecule has 0 bridgehead atoms. The highest BCUT2D eigenvalue weighted by Gasteiger charge is 2.17. The molecule has 0 aliphatic rings. The summed E-state index contributed by atoms with van der Waals surface area (Å²) in [7, 11) is 1.35. The normalized spacial score (nSPS) is 11.5. The van der Waals surface area contributed by atoms with Gasteiger partial charge in [-0.3, -0.25) is 4.79 Å². The lowest BCUT2D eigenvalue weighted by molar-refractivity contribution is -0.148. The number of hydrogen-bond donors (Lipinski definition) is 1. The Morgan fingerprint density at radius 2 is 2.04 bits per heavy atom.